The van der Waals surface area contributed by atoms with Crippen molar-refractivity contribution >= 4 is 11.9 Å². The number of ether oxygens (including phenoxy) is 2. The average molecular weight is 273 g/mol. The van der Waals surface area contributed by atoms with Crippen LogP contribution in [0.25, 0.3) is 0 Å². The van der Waals surface area contributed by atoms with Gasteiger partial charge in [0.05, 0.1) is 18.1 Å². The molecule has 0 spiro atoms. The van der Waals surface area contributed by atoms with E-state index in [9.17, 15) is 9.59 Å². The first-order valence-corrected chi connectivity index (χ1v) is 6.61. The van der Waals surface area contributed by atoms with Crippen molar-refractivity contribution in [2.24, 2.45) is 0 Å². The smallest absolute Gasteiger partial charge is 0.305 e. The molecule has 0 bridgehead atoms. The second-order valence-electron chi connectivity index (χ2n) is 5.10. The molecule has 0 aromatic carbocycles. The van der Waals surface area contributed by atoms with Crippen LogP contribution in [0, 0.1) is 0 Å². The summed E-state index contributed by atoms with van der Waals surface area (Å²) in [5.74, 6) is -1.01. The Hall–Kier alpha value is -1.14. The molecule has 1 atom stereocenters. The van der Waals surface area contributed by atoms with Gasteiger partial charge >= 0.3 is 5.97 Å². The molecule has 1 saturated heterocycles. The minimum Gasteiger partial charge on any atom is -0.481 e. The van der Waals surface area contributed by atoms with Gasteiger partial charge in [-0.1, -0.05) is 0 Å². The zero-order chi connectivity index (χ0) is 14.3. The Labute approximate surface area is 113 Å². The van der Waals surface area contributed by atoms with Crippen molar-refractivity contribution < 1.29 is 24.2 Å². The maximum absolute atomic E-state index is 11.9. The SMILES string of the molecule is COC(C)CCC(=O)NC1(CC(=O)O)CCOCC1. The van der Waals surface area contributed by atoms with Gasteiger partial charge in [-0.3, -0.25) is 9.59 Å². The summed E-state index contributed by atoms with van der Waals surface area (Å²) in [6.45, 7) is 2.87. The van der Waals surface area contributed by atoms with E-state index in [0.717, 1.165) is 0 Å². The van der Waals surface area contributed by atoms with Crippen molar-refractivity contribution in [3.63, 3.8) is 0 Å². The van der Waals surface area contributed by atoms with Crippen LogP contribution < -0.4 is 5.32 Å². The number of carbonyl (C=O) groups excluding carboxylic acids is 1. The maximum atomic E-state index is 11.9. The molecule has 1 aliphatic rings. The van der Waals surface area contributed by atoms with Crippen LogP contribution in [0.5, 0.6) is 0 Å². The number of hydrogen-bond acceptors (Lipinski definition) is 4. The second kappa shape index (κ2) is 7.45. The lowest BCUT2D eigenvalue weighted by Crippen LogP contribution is -2.53. The molecule has 0 aromatic rings. The van der Waals surface area contributed by atoms with E-state index in [1.54, 1.807) is 7.11 Å². The van der Waals surface area contributed by atoms with Crippen LogP contribution in [-0.4, -0.2) is 48.9 Å². The van der Waals surface area contributed by atoms with E-state index in [0.29, 0.717) is 38.9 Å². The van der Waals surface area contributed by atoms with Crippen molar-refractivity contribution in [2.45, 2.75) is 50.7 Å². The molecule has 19 heavy (non-hydrogen) atoms. The van der Waals surface area contributed by atoms with Gasteiger partial charge in [-0.25, -0.2) is 0 Å². The predicted molar refractivity (Wildman–Crippen MR) is 68.9 cm³/mol. The van der Waals surface area contributed by atoms with Crippen molar-refractivity contribution in [1.29, 1.82) is 0 Å². The van der Waals surface area contributed by atoms with Crippen molar-refractivity contribution in [3.8, 4) is 0 Å². The monoisotopic (exact) mass is 273 g/mol. The fourth-order valence-corrected chi connectivity index (χ4v) is 2.21. The Bertz CT molecular complexity index is 312. The summed E-state index contributed by atoms with van der Waals surface area (Å²) in [5, 5.41) is 11.9. The lowest BCUT2D eigenvalue weighted by Gasteiger charge is -2.37. The highest BCUT2D eigenvalue weighted by atomic mass is 16.5. The third kappa shape index (κ3) is 5.57. The number of aliphatic carboxylic acids is 1. The number of nitrogens with one attached hydrogen (secondary N) is 1. The predicted octanol–water partition coefficient (Wildman–Crippen LogP) is 0.942. The number of carbonyl (C=O) groups is 2. The van der Waals surface area contributed by atoms with Crippen molar-refractivity contribution in [1.82, 2.24) is 5.32 Å². The van der Waals surface area contributed by atoms with Crippen LogP contribution in [0.2, 0.25) is 0 Å². The first-order chi connectivity index (χ1) is 8.97. The molecule has 0 aromatic heterocycles. The molecule has 0 radical (unpaired) electrons. The van der Waals surface area contributed by atoms with Crippen LogP contribution in [0.15, 0.2) is 0 Å². The van der Waals surface area contributed by atoms with E-state index < -0.39 is 11.5 Å². The fraction of sp³-hybridized carbons (Fsp3) is 0.846. The summed E-state index contributed by atoms with van der Waals surface area (Å²) in [5.41, 5.74) is -0.655. The lowest BCUT2D eigenvalue weighted by molar-refractivity contribution is -0.140. The van der Waals surface area contributed by atoms with E-state index in [4.69, 9.17) is 14.6 Å². The van der Waals surface area contributed by atoms with Gasteiger partial charge in [0.15, 0.2) is 0 Å². The number of rotatable bonds is 7. The van der Waals surface area contributed by atoms with Crippen molar-refractivity contribution in [2.75, 3.05) is 20.3 Å². The Kier molecular flexibility index (Phi) is 6.24. The number of methoxy groups -OCH3 is 1. The van der Waals surface area contributed by atoms with Crippen LogP contribution in [0.3, 0.4) is 0 Å². The molecule has 1 heterocycles. The van der Waals surface area contributed by atoms with Gasteiger partial charge in [-0.05, 0) is 26.2 Å². The summed E-state index contributed by atoms with van der Waals surface area (Å²) in [4.78, 5) is 22.9. The molecule has 6 heteroatoms. The van der Waals surface area contributed by atoms with Gasteiger partial charge in [0.25, 0.3) is 0 Å². The minimum absolute atomic E-state index is 0.0239. The molecule has 1 fully saturated rings. The van der Waals surface area contributed by atoms with Gasteiger partial charge in [-0.2, -0.15) is 0 Å². The maximum Gasteiger partial charge on any atom is 0.305 e. The van der Waals surface area contributed by atoms with E-state index in [2.05, 4.69) is 5.32 Å². The minimum atomic E-state index is -0.896. The first-order valence-electron chi connectivity index (χ1n) is 6.61. The quantitative estimate of drug-likeness (QED) is 0.721. The van der Waals surface area contributed by atoms with Crippen molar-refractivity contribution in [3.05, 3.63) is 0 Å². The number of hydrogen-bond donors (Lipinski definition) is 2. The zero-order valence-electron chi connectivity index (χ0n) is 11.6. The van der Waals surface area contributed by atoms with Gasteiger partial charge in [0.1, 0.15) is 0 Å². The molecule has 1 amide bonds. The Morgan fingerprint density at radius 2 is 2.05 bits per heavy atom. The van der Waals surface area contributed by atoms with Gasteiger partial charge in [0.2, 0.25) is 5.91 Å². The molecule has 0 saturated carbocycles. The molecule has 1 rings (SSSR count). The summed E-state index contributed by atoms with van der Waals surface area (Å²) < 4.78 is 10.3. The first kappa shape index (κ1) is 15.9. The third-order valence-electron chi connectivity index (χ3n) is 3.52. The highest BCUT2D eigenvalue weighted by molar-refractivity contribution is 5.78. The normalized spacial score (nSPS) is 19.7. The van der Waals surface area contributed by atoms with E-state index in [1.165, 1.54) is 0 Å². The molecule has 0 aliphatic carbocycles. The number of carboxylic acids is 1. The Balaban J connectivity index is 2.52. The summed E-state index contributed by atoms with van der Waals surface area (Å²) in [6.07, 6.45) is 2.03. The van der Waals surface area contributed by atoms with Crippen LogP contribution >= 0.6 is 0 Å². The van der Waals surface area contributed by atoms with E-state index in [1.807, 2.05) is 6.92 Å². The van der Waals surface area contributed by atoms with Crippen LogP contribution in [-0.2, 0) is 19.1 Å². The largest absolute Gasteiger partial charge is 0.481 e. The third-order valence-corrected chi connectivity index (χ3v) is 3.52. The summed E-state index contributed by atoms with van der Waals surface area (Å²) in [6, 6.07) is 0. The fourth-order valence-electron chi connectivity index (χ4n) is 2.21. The molecular formula is C13H23NO5. The number of carboxylic acid groups (broad SMARTS) is 1. The topological polar surface area (TPSA) is 84.9 Å². The second-order valence-corrected chi connectivity index (χ2v) is 5.10. The molecule has 1 aliphatic heterocycles. The average Bonchev–Trinajstić information content (AvgIpc) is 2.35. The van der Waals surface area contributed by atoms with Gasteiger partial charge < -0.3 is 19.9 Å². The molecule has 1 unspecified atom stereocenters. The highest BCUT2D eigenvalue weighted by Crippen LogP contribution is 2.25. The van der Waals surface area contributed by atoms with Gasteiger partial charge in [0, 0.05) is 26.7 Å². The Morgan fingerprint density at radius 3 is 2.58 bits per heavy atom. The molecule has 2 N–H and O–H groups in total. The highest BCUT2D eigenvalue weighted by Gasteiger charge is 2.36. The van der Waals surface area contributed by atoms with E-state index >= 15 is 0 Å². The molecular weight excluding hydrogens is 250 g/mol. The van der Waals surface area contributed by atoms with Gasteiger partial charge in [-0.15, -0.1) is 0 Å². The lowest BCUT2D eigenvalue weighted by atomic mass is 9.86. The Morgan fingerprint density at radius 1 is 1.42 bits per heavy atom. The molecule has 110 valence electrons. The zero-order valence-corrected chi connectivity index (χ0v) is 11.6. The van der Waals surface area contributed by atoms with E-state index in [-0.39, 0.29) is 18.4 Å². The van der Waals surface area contributed by atoms with Crippen LogP contribution in [0.1, 0.15) is 39.0 Å². The summed E-state index contributed by atoms with van der Waals surface area (Å²) in [7, 11) is 1.60. The summed E-state index contributed by atoms with van der Waals surface area (Å²) >= 11 is 0. The molecule has 6 nitrogen and oxygen atoms in total. The van der Waals surface area contributed by atoms with Crippen LogP contribution in [0.4, 0.5) is 0 Å². The standard InChI is InChI=1S/C13H23NO5/c1-10(18-2)3-4-11(15)14-13(9-12(16)17)5-7-19-8-6-13/h10H,3-9H2,1-2H3,(H,14,15)(H,16,17). The number of amides is 1.